The van der Waals surface area contributed by atoms with E-state index < -0.39 is 5.60 Å². The van der Waals surface area contributed by atoms with Gasteiger partial charge in [-0.2, -0.15) is 0 Å². The monoisotopic (exact) mass is 222 g/mol. The Morgan fingerprint density at radius 1 is 0.824 bits per heavy atom. The van der Waals surface area contributed by atoms with Crippen molar-refractivity contribution in [3.63, 3.8) is 0 Å². The molecule has 84 valence electrons. The predicted octanol–water partition coefficient (Wildman–Crippen LogP) is 1.54. The van der Waals surface area contributed by atoms with E-state index in [9.17, 15) is 5.11 Å². The maximum atomic E-state index is 10.7. The minimum atomic E-state index is -0.865. The summed E-state index contributed by atoms with van der Waals surface area (Å²) in [6.07, 6.45) is 4.69. The van der Waals surface area contributed by atoms with E-state index in [-0.39, 0.29) is 0 Å². The molecule has 1 unspecified atom stereocenters. The second-order valence-corrected chi connectivity index (χ2v) is 4.47. The van der Waals surface area contributed by atoms with Crippen molar-refractivity contribution < 1.29 is 5.11 Å². The van der Waals surface area contributed by atoms with Crippen LogP contribution in [0.4, 0.5) is 0 Å². The van der Waals surface area contributed by atoms with Crippen LogP contribution in [-0.2, 0) is 5.60 Å². The summed E-state index contributed by atoms with van der Waals surface area (Å²) in [6.45, 7) is 0. The first-order valence-electron chi connectivity index (χ1n) is 5.84. The zero-order valence-electron chi connectivity index (χ0n) is 9.51. The van der Waals surface area contributed by atoms with Crippen LogP contribution in [0.3, 0.4) is 0 Å². The van der Waals surface area contributed by atoms with E-state index in [4.69, 9.17) is 0 Å². The number of hydrogen-bond donors (Lipinski definition) is 1. The average Bonchev–Trinajstić information content (AvgIpc) is 2.40. The van der Waals surface area contributed by atoms with E-state index in [2.05, 4.69) is 12.1 Å². The van der Waals surface area contributed by atoms with Gasteiger partial charge in [0.2, 0.25) is 0 Å². The molecule has 1 aliphatic carbocycles. The molecule has 0 amide bonds. The molecule has 1 N–H and O–H groups in total. The Labute approximate surface area is 100 Å². The fourth-order valence-electron chi connectivity index (χ4n) is 2.34. The summed E-state index contributed by atoms with van der Waals surface area (Å²) in [4.78, 5) is 0. The van der Waals surface area contributed by atoms with E-state index >= 15 is 0 Å². The lowest BCUT2D eigenvalue weighted by Crippen LogP contribution is -2.36. The first-order valence-corrected chi connectivity index (χ1v) is 5.84. The highest BCUT2D eigenvalue weighted by Gasteiger charge is 2.26. The van der Waals surface area contributed by atoms with E-state index in [1.807, 2.05) is 54.6 Å². The van der Waals surface area contributed by atoms with Crippen molar-refractivity contribution in [2.75, 3.05) is 0 Å². The molecule has 0 saturated heterocycles. The molecular weight excluding hydrogens is 208 g/mol. The van der Waals surface area contributed by atoms with Gasteiger partial charge in [-0.25, -0.2) is 0 Å². The van der Waals surface area contributed by atoms with Gasteiger partial charge < -0.3 is 5.11 Å². The van der Waals surface area contributed by atoms with Gasteiger partial charge in [-0.05, 0) is 22.1 Å². The molecule has 1 aliphatic rings. The molecule has 0 aliphatic heterocycles. The zero-order valence-corrected chi connectivity index (χ0v) is 9.51. The van der Waals surface area contributed by atoms with Gasteiger partial charge in [0.15, 0.2) is 0 Å². The second kappa shape index (κ2) is 3.86. The lowest BCUT2D eigenvalue weighted by atomic mass is 9.86. The summed E-state index contributed by atoms with van der Waals surface area (Å²) in [7, 11) is 0. The quantitative estimate of drug-likeness (QED) is 0.776. The average molecular weight is 222 g/mol. The Kier molecular flexibility index (Phi) is 2.34. The second-order valence-electron chi connectivity index (χ2n) is 4.47. The molecule has 0 aromatic heterocycles. The molecule has 1 heteroatoms. The minimum absolute atomic E-state index is 0.633. The normalized spacial score (nSPS) is 22.2. The molecular formula is C16H14O. The third kappa shape index (κ3) is 1.79. The zero-order chi connectivity index (χ0) is 11.7. The Bertz CT molecular complexity index is 643. The Hall–Kier alpha value is -1.86. The summed E-state index contributed by atoms with van der Waals surface area (Å²) in [5.41, 5.74) is 0.0843. The van der Waals surface area contributed by atoms with Crippen LogP contribution in [0.1, 0.15) is 12.0 Å². The molecule has 2 aromatic carbocycles. The third-order valence-corrected chi connectivity index (χ3v) is 3.30. The predicted molar refractivity (Wildman–Crippen MR) is 69.6 cm³/mol. The van der Waals surface area contributed by atoms with Crippen LogP contribution >= 0.6 is 0 Å². The van der Waals surface area contributed by atoms with Gasteiger partial charge >= 0.3 is 0 Å². The van der Waals surface area contributed by atoms with E-state index in [1.54, 1.807) is 0 Å². The van der Waals surface area contributed by atoms with Gasteiger partial charge in [-0.15, -0.1) is 0 Å². The van der Waals surface area contributed by atoms with Crippen LogP contribution in [0, 0.1) is 0 Å². The number of fused-ring (bicyclic) bond motifs is 1. The fourth-order valence-corrected chi connectivity index (χ4v) is 2.34. The van der Waals surface area contributed by atoms with Gasteiger partial charge in [-0.1, -0.05) is 60.7 Å². The van der Waals surface area contributed by atoms with E-state index in [0.717, 1.165) is 10.8 Å². The molecule has 17 heavy (non-hydrogen) atoms. The summed E-state index contributed by atoms with van der Waals surface area (Å²) in [5.74, 6) is 0. The summed E-state index contributed by atoms with van der Waals surface area (Å²) in [6, 6.07) is 18.0. The van der Waals surface area contributed by atoms with Crippen molar-refractivity contribution in [3.05, 3.63) is 70.6 Å². The number of benzene rings is 2. The molecule has 0 bridgehead atoms. The molecule has 0 radical (unpaired) electrons. The smallest absolute Gasteiger partial charge is 0.112 e. The van der Waals surface area contributed by atoms with Crippen LogP contribution in [0.15, 0.2) is 54.6 Å². The van der Waals surface area contributed by atoms with Crippen molar-refractivity contribution in [2.24, 2.45) is 0 Å². The van der Waals surface area contributed by atoms with Crippen LogP contribution in [-0.4, -0.2) is 5.11 Å². The first kappa shape index (κ1) is 10.3. The van der Waals surface area contributed by atoms with Crippen LogP contribution in [0.2, 0.25) is 0 Å². The lowest BCUT2D eigenvalue weighted by Gasteiger charge is -2.26. The topological polar surface area (TPSA) is 20.2 Å². The van der Waals surface area contributed by atoms with Crippen molar-refractivity contribution in [1.82, 2.24) is 0 Å². The highest BCUT2D eigenvalue weighted by Crippen LogP contribution is 2.28. The van der Waals surface area contributed by atoms with Gasteiger partial charge in [-0.3, -0.25) is 0 Å². The fraction of sp³-hybridized carbons (Fsp3) is 0.125. The van der Waals surface area contributed by atoms with Crippen molar-refractivity contribution in [3.8, 4) is 0 Å². The van der Waals surface area contributed by atoms with Crippen LogP contribution in [0.25, 0.3) is 12.2 Å². The Morgan fingerprint density at radius 2 is 1.47 bits per heavy atom. The molecule has 0 saturated carbocycles. The minimum Gasteiger partial charge on any atom is -0.381 e. The van der Waals surface area contributed by atoms with Crippen molar-refractivity contribution in [1.29, 1.82) is 0 Å². The molecule has 0 spiro atoms. The van der Waals surface area contributed by atoms with Crippen molar-refractivity contribution >= 4 is 12.2 Å². The Balaban J connectivity index is 2.17. The third-order valence-electron chi connectivity index (χ3n) is 3.30. The summed E-state index contributed by atoms with van der Waals surface area (Å²) in [5, 5.41) is 13.0. The maximum Gasteiger partial charge on any atom is 0.112 e. The highest BCUT2D eigenvalue weighted by atomic mass is 16.3. The summed E-state index contributed by atoms with van der Waals surface area (Å²) >= 11 is 0. The molecule has 0 fully saturated rings. The molecule has 2 aromatic rings. The van der Waals surface area contributed by atoms with E-state index in [1.165, 1.54) is 5.22 Å². The Morgan fingerprint density at radius 3 is 2.24 bits per heavy atom. The SMILES string of the molecule is OC1(c2ccccc2)C=c2ccccc2=CC1. The first-order chi connectivity index (χ1) is 8.28. The maximum absolute atomic E-state index is 10.7. The molecule has 1 nitrogen and oxygen atoms in total. The molecule has 3 rings (SSSR count). The van der Waals surface area contributed by atoms with Gasteiger partial charge in [0.05, 0.1) is 0 Å². The largest absolute Gasteiger partial charge is 0.381 e. The highest BCUT2D eigenvalue weighted by molar-refractivity contribution is 5.51. The number of aliphatic hydroxyl groups is 1. The number of rotatable bonds is 1. The van der Waals surface area contributed by atoms with Gasteiger partial charge in [0.1, 0.15) is 5.60 Å². The van der Waals surface area contributed by atoms with Crippen LogP contribution in [0.5, 0.6) is 0 Å². The lowest BCUT2D eigenvalue weighted by molar-refractivity contribution is 0.113. The standard InChI is InChI=1S/C16H14O/c17-16(15-8-2-1-3-9-15)11-10-13-6-4-5-7-14(13)12-16/h1-10,12,17H,11H2. The van der Waals surface area contributed by atoms with Crippen LogP contribution < -0.4 is 10.4 Å². The summed E-state index contributed by atoms with van der Waals surface area (Å²) < 4.78 is 0. The molecule has 0 heterocycles. The van der Waals surface area contributed by atoms with Gasteiger partial charge in [0, 0.05) is 6.42 Å². The van der Waals surface area contributed by atoms with Gasteiger partial charge in [0.25, 0.3) is 0 Å². The number of hydrogen-bond acceptors (Lipinski definition) is 1. The van der Waals surface area contributed by atoms with Crippen molar-refractivity contribution in [2.45, 2.75) is 12.0 Å². The molecule has 1 atom stereocenters. The van der Waals surface area contributed by atoms with E-state index in [0.29, 0.717) is 6.42 Å².